The first-order valence-electron chi connectivity index (χ1n) is 13.6. The average Bonchev–Trinajstić information content (AvgIpc) is 3.59. The molecule has 1 aromatic heterocycles. The van der Waals surface area contributed by atoms with Crippen molar-refractivity contribution >= 4 is 23.5 Å². The molecule has 44 heavy (non-hydrogen) atoms. The van der Waals surface area contributed by atoms with Crippen LogP contribution in [0.15, 0.2) is 60.8 Å². The van der Waals surface area contributed by atoms with E-state index in [-0.39, 0.29) is 31.6 Å². The topological polar surface area (TPSA) is 182 Å². The van der Waals surface area contributed by atoms with Crippen LogP contribution in [0.2, 0.25) is 5.02 Å². The summed E-state index contributed by atoms with van der Waals surface area (Å²) in [5.74, 6) is -2.18. The van der Waals surface area contributed by atoms with Crippen LogP contribution in [0.1, 0.15) is 46.9 Å². The highest BCUT2D eigenvalue weighted by Crippen LogP contribution is 2.41. The molecule has 2 heterocycles. The van der Waals surface area contributed by atoms with Crippen molar-refractivity contribution in [1.82, 2.24) is 10.3 Å². The molecular formula is C29H27ClN4O10. The fourth-order valence-electron chi connectivity index (χ4n) is 5.45. The normalized spacial score (nSPS) is 21.1. The van der Waals surface area contributed by atoms with Crippen LogP contribution in [-0.2, 0) is 37.0 Å². The number of aryl methyl sites for hydroxylation is 1. The van der Waals surface area contributed by atoms with Crippen LogP contribution >= 0.6 is 11.6 Å². The number of aromatic nitrogens is 1. The molecule has 2 aliphatic rings. The van der Waals surface area contributed by atoms with Gasteiger partial charge < -0.3 is 24.5 Å². The maximum absolute atomic E-state index is 13.7. The van der Waals surface area contributed by atoms with Gasteiger partial charge in [-0.3, -0.25) is 9.78 Å². The molecular weight excluding hydrogens is 600 g/mol. The molecule has 0 radical (unpaired) electrons. The van der Waals surface area contributed by atoms with Crippen LogP contribution in [0.5, 0.6) is 5.75 Å². The zero-order valence-corrected chi connectivity index (χ0v) is 24.0. The van der Waals surface area contributed by atoms with Crippen LogP contribution in [-0.4, -0.2) is 45.3 Å². The van der Waals surface area contributed by atoms with Crippen molar-refractivity contribution < 1.29 is 38.9 Å². The Kier molecular flexibility index (Phi) is 9.20. The summed E-state index contributed by atoms with van der Waals surface area (Å²) < 4.78 is 11.9. The van der Waals surface area contributed by atoms with Gasteiger partial charge >= 0.3 is 5.97 Å². The minimum atomic E-state index is -1.33. The van der Waals surface area contributed by atoms with Crippen molar-refractivity contribution in [1.29, 1.82) is 0 Å². The molecule has 0 bridgehead atoms. The number of rotatable bonds is 11. The van der Waals surface area contributed by atoms with Gasteiger partial charge in [0.05, 0.1) is 12.3 Å². The third kappa shape index (κ3) is 7.03. The number of benzene rings is 2. The third-order valence-electron chi connectivity index (χ3n) is 7.55. The van der Waals surface area contributed by atoms with Gasteiger partial charge in [0.15, 0.2) is 5.75 Å². The summed E-state index contributed by atoms with van der Waals surface area (Å²) in [6.07, 6.45) is -1.83. The quantitative estimate of drug-likeness (QED) is 0.185. The van der Waals surface area contributed by atoms with Gasteiger partial charge in [0.25, 0.3) is 10.2 Å². The standard InChI is InChI=1S/C29H27ClN4O10/c1-16-26(22-15-41-27(21(22)14-31-16)18-7-9-20(30)10-8-18)42-29(36)23(11-17-5-3-2-4-6-17)32-28(35)19-12-24(43-33(37)38)25(13-19)44-34(39)40/h2-10,14,19,23-25,27H,11-13,15H2,1H3,(H,32,35)/t19?,23-,24-,25+,27?/m1/s1. The summed E-state index contributed by atoms with van der Waals surface area (Å²) in [6, 6.07) is 14.9. The minimum absolute atomic E-state index is 0.0627. The Balaban J connectivity index is 1.36. The summed E-state index contributed by atoms with van der Waals surface area (Å²) in [7, 11) is 0. The molecule has 230 valence electrons. The van der Waals surface area contributed by atoms with Crippen molar-refractivity contribution in [3.8, 4) is 5.75 Å². The van der Waals surface area contributed by atoms with E-state index in [0.717, 1.165) is 16.7 Å². The Hall–Kier alpha value is -4.82. The second-order valence-electron chi connectivity index (χ2n) is 10.4. The lowest BCUT2D eigenvalue weighted by molar-refractivity contribution is -0.797. The highest BCUT2D eigenvalue weighted by molar-refractivity contribution is 6.30. The Labute approximate surface area is 255 Å². The molecule has 1 aliphatic heterocycles. The van der Waals surface area contributed by atoms with E-state index in [4.69, 9.17) is 21.1 Å². The number of amides is 1. The van der Waals surface area contributed by atoms with E-state index in [9.17, 15) is 29.8 Å². The average molecular weight is 627 g/mol. The summed E-state index contributed by atoms with van der Waals surface area (Å²) in [5.41, 5.74) is 3.39. The first-order chi connectivity index (χ1) is 21.1. The SMILES string of the molecule is Cc1ncc2c(c1OC(=O)[C@@H](Cc1ccccc1)NC(=O)C1C[C@H](O[N+](=O)[O-])[C@H](O[N+](=O)[O-])C1)COC2c1ccc(Cl)cc1. The number of carbonyl (C=O) groups excluding carboxylic acids is 2. The number of fused-ring (bicyclic) bond motifs is 1. The van der Waals surface area contributed by atoms with Crippen LogP contribution in [0, 0.1) is 33.1 Å². The van der Waals surface area contributed by atoms with E-state index in [1.807, 2.05) is 12.1 Å². The Morgan fingerprint density at radius 3 is 2.30 bits per heavy atom. The molecule has 15 heteroatoms. The summed E-state index contributed by atoms with van der Waals surface area (Å²) in [4.78, 5) is 62.3. The lowest BCUT2D eigenvalue weighted by Crippen LogP contribution is -2.46. The number of esters is 1. The first kappa shape index (κ1) is 30.6. The van der Waals surface area contributed by atoms with Gasteiger partial charge in [-0.25, -0.2) is 4.79 Å². The van der Waals surface area contributed by atoms with Crippen molar-refractivity contribution in [2.24, 2.45) is 5.92 Å². The first-order valence-corrected chi connectivity index (χ1v) is 14.0. The zero-order valence-electron chi connectivity index (χ0n) is 23.3. The fourth-order valence-corrected chi connectivity index (χ4v) is 5.58. The predicted octanol–water partition coefficient (Wildman–Crippen LogP) is 3.86. The number of carbonyl (C=O) groups is 2. The Morgan fingerprint density at radius 2 is 1.68 bits per heavy atom. The molecule has 14 nitrogen and oxygen atoms in total. The molecule has 5 rings (SSSR count). The number of nitrogens with zero attached hydrogens (tertiary/aromatic N) is 3. The van der Waals surface area contributed by atoms with E-state index < -0.39 is 52.3 Å². The van der Waals surface area contributed by atoms with Crippen molar-refractivity contribution in [2.45, 2.75) is 57.1 Å². The molecule has 2 aromatic carbocycles. The summed E-state index contributed by atoms with van der Waals surface area (Å²) in [6.45, 7) is 1.84. The maximum Gasteiger partial charge on any atom is 0.334 e. The largest absolute Gasteiger partial charge is 0.423 e. The van der Waals surface area contributed by atoms with Crippen LogP contribution < -0.4 is 10.1 Å². The van der Waals surface area contributed by atoms with Gasteiger partial charge in [0.2, 0.25) is 5.91 Å². The number of halogens is 1. The van der Waals surface area contributed by atoms with Crippen LogP contribution in [0.3, 0.4) is 0 Å². The predicted molar refractivity (Wildman–Crippen MR) is 151 cm³/mol. The van der Waals surface area contributed by atoms with E-state index in [1.54, 1.807) is 55.6 Å². The minimum Gasteiger partial charge on any atom is -0.423 e. The molecule has 1 fully saturated rings. The monoisotopic (exact) mass is 626 g/mol. The van der Waals surface area contributed by atoms with Gasteiger partial charge in [-0.15, -0.1) is 20.2 Å². The smallest absolute Gasteiger partial charge is 0.334 e. The van der Waals surface area contributed by atoms with Gasteiger partial charge in [-0.1, -0.05) is 54.1 Å². The van der Waals surface area contributed by atoms with Crippen molar-refractivity contribution in [3.05, 3.63) is 114 Å². The maximum atomic E-state index is 13.7. The Bertz CT molecular complexity index is 1530. The van der Waals surface area contributed by atoms with E-state index in [2.05, 4.69) is 20.0 Å². The number of pyridine rings is 1. The van der Waals surface area contributed by atoms with Crippen molar-refractivity contribution in [2.75, 3.05) is 0 Å². The van der Waals surface area contributed by atoms with E-state index in [1.165, 1.54) is 0 Å². The highest BCUT2D eigenvalue weighted by atomic mass is 35.5. The molecule has 1 N–H and O–H groups in total. The molecule has 1 saturated carbocycles. The summed E-state index contributed by atoms with van der Waals surface area (Å²) in [5, 5.41) is 22.9. The number of ether oxygens (including phenoxy) is 2. The van der Waals surface area contributed by atoms with E-state index >= 15 is 0 Å². The molecule has 5 atom stereocenters. The van der Waals surface area contributed by atoms with Gasteiger partial charge in [-0.2, -0.15) is 0 Å². The van der Waals surface area contributed by atoms with Crippen LogP contribution in [0.4, 0.5) is 0 Å². The van der Waals surface area contributed by atoms with Gasteiger partial charge in [0.1, 0.15) is 24.4 Å². The molecule has 2 unspecified atom stereocenters. The molecule has 1 aliphatic carbocycles. The van der Waals surface area contributed by atoms with Crippen molar-refractivity contribution in [3.63, 3.8) is 0 Å². The fraction of sp³-hybridized carbons (Fsp3) is 0.345. The van der Waals surface area contributed by atoms with E-state index in [0.29, 0.717) is 16.3 Å². The number of nitrogens with one attached hydrogen (secondary N) is 1. The second-order valence-corrected chi connectivity index (χ2v) is 10.9. The third-order valence-corrected chi connectivity index (χ3v) is 7.80. The zero-order chi connectivity index (χ0) is 31.4. The molecule has 0 spiro atoms. The highest BCUT2D eigenvalue weighted by Gasteiger charge is 2.43. The number of hydrogen-bond acceptors (Lipinski definition) is 11. The molecule has 3 aromatic rings. The number of hydrogen-bond donors (Lipinski definition) is 1. The molecule has 1 amide bonds. The second kappa shape index (κ2) is 13.2. The van der Waals surface area contributed by atoms with Gasteiger partial charge in [0, 0.05) is 34.7 Å². The molecule has 0 saturated heterocycles. The summed E-state index contributed by atoms with van der Waals surface area (Å²) >= 11 is 6.03. The van der Waals surface area contributed by atoms with Gasteiger partial charge in [-0.05, 0) is 43.0 Å². The lowest BCUT2D eigenvalue weighted by atomic mass is 10.00. The Morgan fingerprint density at radius 1 is 1.05 bits per heavy atom. The van der Waals surface area contributed by atoms with Crippen LogP contribution in [0.25, 0.3) is 0 Å². The lowest BCUT2D eigenvalue weighted by Gasteiger charge is -2.21.